The summed E-state index contributed by atoms with van der Waals surface area (Å²) in [5, 5.41) is 6.59. The number of anilines is 1. The molecule has 1 aliphatic rings. The number of amides is 1. The number of nitrogens with zero attached hydrogens (tertiary/aromatic N) is 2. The van der Waals surface area contributed by atoms with Gasteiger partial charge in [-0.05, 0) is 30.7 Å². The number of aromatic nitrogens is 1. The van der Waals surface area contributed by atoms with E-state index in [-0.39, 0.29) is 18.4 Å². The van der Waals surface area contributed by atoms with E-state index in [1.165, 1.54) is 18.4 Å². The average Bonchev–Trinajstić information content (AvgIpc) is 3.18. The molecule has 2 aromatic rings. The lowest BCUT2D eigenvalue weighted by Crippen LogP contribution is -2.38. The molecule has 2 heterocycles. The molecule has 1 amide bonds. The first-order chi connectivity index (χ1) is 11.4. The Morgan fingerprint density at radius 2 is 2.04 bits per heavy atom. The van der Waals surface area contributed by atoms with Crippen LogP contribution < -0.4 is 10.2 Å². The summed E-state index contributed by atoms with van der Waals surface area (Å²) in [6, 6.07) is 6.66. The number of carbonyl (C=O) groups is 1. The predicted molar refractivity (Wildman–Crippen MR) is 80.4 cm³/mol. The fourth-order valence-corrected chi connectivity index (χ4v) is 2.75. The van der Waals surface area contributed by atoms with Crippen molar-refractivity contribution in [1.82, 2.24) is 10.5 Å². The number of halogens is 3. The van der Waals surface area contributed by atoms with Crippen LogP contribution in [0.5, 0.6) is 0 Å². The van der Waals surface area contributed by atoms with Crippen molar-refractivity contribution < 1.29 is 22.5 Å². The van der Waals surface area contributed by atoms with Crippen molar-refractivity contribution >= 4 is 11.6 Å². The lowest BCUT2D eigenvalue weighted by molar-refractivity contribution is -0.137. The Morgan fingerprint density at radius 3 is 2.67 bits per heavy atom. The number of rotatable bonds is 4. The van der Waals surface area contributed by atoms with Gasteiger partial charge in [-0.2, -0.15) is 13.2 Å². The monoisotopic (exact) mass is 339 g/mol. The maximum Gasteiger partial charge on any atom is 0.416 e. The molecular weight excluding hydrogens is 323 g/mol. The number of benzene rings is 1. The Balaban J connectivity index is 1.54. The van der Waals surface area contributed by atoms with Crippen molar-refractivity contribution in [1.29, 1.82) is 0 Å². The molecular formula is C16H16F3N3O2. The van der Waals surface area contributed by atoms with Gasteiger partial charge in [0.25, 0.3) is 0 Å². The van der Waals surface area contributed by atoms with Gasteiger partial charge in [0.2, 0.25) is 5.91 Å². The first-order valence-electron chi connectivity index (χ1n) is 7.52. The second-order valence-corrected chi connectivity index (χ2v) is 5.71. The summed E-state index contributed by atoms with van der Waals surface area (Å²) < 4.78 is 42.4. The molecule has 1 aromatic heterocycles. The minimum absolute atomic E-state index is 0.0355. The summed E-state index contributed by atoms with van der Waals surface area (Å²) in [6.07, 6.45) is -2.04. The molecule has 128 valence electrons. The van der Waals surface area contributed by atoms with E-state index in [1.807, 2.05) is 4.90 Å². The lowest BCUT2D eigenvalue weighted by Gasteiger charge is -2.19. The van der Waals surface area contributed by atoms with Crippen LogP contribution in [0.3, 0.4) is 0 Å². The fourth-order valence-electron chi connectivity index (χ4n) is 2.75. The molecule has 1 aromatic carbocycles. The minimum Gasteiger partial charge on any atom is -0.369 e. The maximum absolute atomic E-state index is 12.6. The van der Waals surface area contributed by atoms with E-state index in [9.17, 15) is 18.0 Å². The van der Waals surface area contributed by atoms with E-state index in [2.05, 4.69) is 15.0 Å². The van der Waals surface area contributed by atoms with E-state index >= 15 is 0 Å². The molecule has 1 aliphatic heterocycles. The molecule has 1 saturated heterocycles. The zero-order valence-electron chi connectivity index (χ0n) is 12.7. The first kappa shape index (κ1) is 16.4. The standard InChI is InChI=1S/C16H16F3N3O2/c17-16(18,19)11-1-3-14(4-2-11)22-7-5-13(10-22)20-15(23)9-12-6-8-24-21-12/h1-4,6,8,13H,5,7,9-10H2,(H,20,23)/t13-/m0/s1. The zero-order valence-corrected chi connectivity index (χ0v) is 12.7. The van der Waals surface area contributed by atoms with Crippen LogP contribution in [0.2, 0.25) is 0 Å². The van der Waals surface area contributed by atoms with E-state index in [4.69, 9.17) is 0 Å². The maximum atomic E-state index is 12.6. The predicted octanol–water partition coefficient (Wildman–Crippen LogP) is 2.63. The van der Waals surface area contributed by atoms with E-state index in [0.29, 0.717) is 18.8 Å². The number of hydrogen-bond acceptors (Lipinski definition) is 4. The van der Waals surface area contributed by atoms with E-state index in [1.54, 1.807) is 6.07 Å². The smallest absolute Gasteiger partial charge is 0.369 e. The third-order valence-electron chi connectivity index (χ3n) is 3.95. The van der Waals surface area contributed by atoms with Gasteiger partial charge in [-0.25, -0.2) is 0 Å². The summed E-state index contributed by atoms with van der Waals surface area (Å²) in [7, 11) is 0. The minimum atomic E-state index is -4.33. The van der Waals surface area contributed by atoms with Gasteiger partial charge in [0, 0.05) is 30.9 Å². The summed E-state index contributed by atoms with van der Waals surface area (Å²) >= 11 is 0. The molecule has 3 rings (SSSR count). The van der Waals surface area contributed by atoms with Crippen molar-refractivity contribution in [3.63, 3.8) is 0 Å². The summed E-state index contributed by atoms with van der Waals surface area (Å²) in [5.74, 6) is -0.150. The van der Waals surface area contributed by atoms with Crippen LogP contribution in [0.4, 0.5) is 18.9 Å². The highest BCUT2D eigenvalue weighted by Gasteiger charge is 2.31. The number of carbonyl (C=O) groups excluding carboxylic acids is 1. The quantitative estimate of drug-likeness (QED) is 0.930. The topological polar surface area (TPSA) is 58.4 Å². The van der Waals surface area contributed by atoms with Gasteiger partial charge < -0.3 is 14.7 Å². The van der Waals surface area contributed by atoms with Crippen molar-refractivity contribution in [2.24, 2.45) is 0 Å². The number of hydrogen-bond donors (Lipinski definition) is 1. The summed E-state index contributed by atoms with van der Waals surface area (Å²) in [4.78, 5) is 13.9. The SMILES string of the molecule is O=C(Cc1ccon1)N[C@H]1CCN(c2ccc(C(F)(F)F)cc2)C1. The van der Waals surface area contributed by atoms with Gasteiger partial charge in [0.1, 0.15) is 6.26 Å². The third kappa shape index (κ3) is 3.87. The van der Waals surface area contributed by atoms with Crippen LogP contribution in [-0.2, 0) is 17.4 Å². The van der Waals surface area contributed by atoms with Crippen molar-refractivity contribution in [2.45, 2.75) is 25.1 Å². The molecule has 0 radical (unpaired) electrons. The Bertz CT molecular complexity index is 684. The van der Waals surface area contributed by atoms with Gasteiger partial charge in [0.15, 0.2) is 0 Å². The fraction of sp³-hybridized carbons (Fsp3) is 0.375. The van der Waals surface area contributed by atoms with Crippen molar-refractivity contribution in [3.05, 3.63) is 47.9 Å². The second kappa shape index (κ2) is 6.54. The van der Waals surface area contributed by atoms with Crippen LogP contribution >= 0.6 is 0 Å². The van der Waals surface area contributed by atoms with Crippen LogP contribution in [0.25, 0.3) is 0 Å². The van der Waals surface area contributed by atoms with Crippen LogP contribution in [0.15, 0.2) is 41.1 Å². The summed E-state index contributed by atoms with van der Waals surface area (Å²) in [6.45, 7) is 1.25. The normalized spacial score (nSPS) is 18.0. The lowest BCUT2D eigenvalue weighted by atomic mass is 10.2. The van der Waals surface area contributed by atoms with Crippen LogP contribution in [-0.4, -0.2) is 30.2 Å². The van der Waals surface area contributed by atoms with Crippen molar-refractivity contribution in [3.8, 4) is 0 Å². The van der Waals surface area contributed by atoms with Gasteiger partial charge in [-0.1, -0.05) is 5.16 Å². The Hall–Kier alpha value is -2.51. The first-order valence-corrected chi connectivity index (χ1v) is 7.52. The summed E-state index contributed by atoms with van der Waals surface area (Å²) in [5.41, 5.74) is 0.615. The average molecular weight is 339 g/mol. The molecule has 1 fully saturated rings. The molecule has 1 atom stereocenters. The van der Waals surface area contributed by atoms with Gasteiger partial charge in [0.05, 0.1) is 17.7 Å². The second-order valence-electron chi connectivity index (χ2n) is 5.71. The zero-order chi connectivity index (χ0) is 17.2. The molecule has 0 bridgehead atoms. The Kier molecular flexibility index (Phi) is 4.46. The molecule has 1 N–H and O–H groups in total. The van der Waals surface area contributed by atoms with Gasteiger partial charge in [-0.3, -0.25) is 4.79 Å². The highest BCUT2D eigenvalue weighted by atomic mass is 19.4. The van der Waals surface area contributed by atoms with Crippen LogP contribution in [0, 0.1) is 0 Å². The number of nitrogens with one attached hydrogen (secondary N) is 1. The van der Waals surface area contributed by atoms with E-state index < -0.39 is 11.7 Å². The molecule has 5 nitrogen and oxygen atoms in total. The van der Waals surface area contributed by atoms with E-state index in [0.717, 1.165) is 24.2 Å². The molecule has 0 saturated carbocycles. The highest BCUT2D eigenvalue weighted by molar-refractivity contribution is 5.78. The molecule has 0 unspecified atom stereocenters. The Labute approximate surface area is 136 Å². The van der Waals surface area contributed by atoms with Crippen molar-refractivity contribution in [2.75, 3.05) is 18.0 Å². The molecule has 0 spiro atoms. The largest absolute Gasteiger partial charge is 0.416 e. The molecule has 24 heavy (non-hydrogen) atoms. The van der Waals surface area contributed by atoms with Crippen LogP contribution in [0.1, 0.15) is 17.7 Å². The third-order valence-corrected chi connectivity index (χ3v) is 3.95. The van der Waals surface area contributed by atoms with Gasteiger partial charge >= 0.3 is 6.18 Å². The molecule has 0 aliphatic carbocycles. The Morgan fingerprint density at radius 1 is 1.29 bits per heavy atom. The number of alkyl halides is 3. The highest BCUT2D eigenvalue weighted by Crippen LogP contribution is 2.31. The molecule has 8 heteroatoms. The van der Waals surface area contributed by atoms with Gasteiger partial charge in [-0.15, -0.1) is 0 Å².